The zero-order valence-corrected chi connectivity index (χ0v) is 13.4. The molecule has 1 fully saturated rings. The predicted octanol–water partition coefficient (Wildman–Crippen LogP) is 1.89. The fourth-order valence-corrected chi connectivity index (χ4v) is 2.94. The van der Waals surface area contributed by atoms with Crippen molar-refractivity contribution in [3.8, 4) is 0 Å². The molecule has 0 aromatic rings. The van der Waals surface area contributed by atoms with Crippen molar-refractivity contribution in [2.75, 3.05) is 45.2 Å². The molecule has 1 aliphatic heterocycles. The molecule has 0 aromatic carbocycles. The third-order valence-corrected chi connectivity index (χ3v) is 4.24. The van der Waals surface area contributed by atoms with Gasteiger partial charge in [-0.25, -0.2) is 9.16 Å². The molecule has 0 spiro atoms. The number of urea groups is 1. The molecule has 1 unspecified atom stereocenters. The minimum Gasteiger partial charge on any atom is -0.325 e. The smallest absolute Gasteiger partial charge is 0.319 e. The SMILES string of the molecule is CCN(CC)C(=O)N1CCCC(CN=S(C)(C)=O)C1. The number of amides is 2. The summed E-state index contributed by atoms with van der Waals surface area (Å²) in [7, 11) is -2.03. The molecule has 6 heteroatoms. The molecule has 0 aliphatic carbocycles. The summed E-state index contributed by atoms with van der Waals surface area (Å²) in [5.74, 6) is 0.356. The van der Waals surface area contributed by atoms with E-state index in [2.05, 4.69) is 4.36 Å². The highest BCUT2D eigenvalue weighted by atomic mass is 32.2. The Morgan fingerprint density at radius 1 is 1.37 bits per heavy atom. The molecule has 0 saturated carbocycles. The second kappa shape index (κ2) is 7.12. The molecule has 1 atom stereocenters. The maximum Gasteiger partial charge on any atom is 0.319 e. The second-order valence-corrected chi connectivity index (χ2v) is 8.02. The summed E-state index contributed by atoms with van der Waals surface area (Å²) in [5, 5.41) is 0. The minimum atomic E-state index is -2.03. The van der Waals surface area contributed by atoms with E-state index in [0.29, 0.717) is 12.5 Å². The van der Waals surface area contributed by atoms with Gasteiger partial charge in [-0.1, -0.05) is 0 Å². The first-order valence-electron chi connectivity index (χ1n) is 7.04. The van der Waals surface area contributed by atoms with Crippen LogP contribution in [0.5, 0.6) is 0 Å². The molecule has 112 valence electrons. The lowest BCUT2D eigenvalue weighted by atomic mass is 9.99. The molecule has 1 rings (SSSR count). The molecule has 1 heterocycles. The third kappa shape index (κ3) is 5.38. The van der Waals surface area contributed by atoms with Crippen LogP contribution in [-0.4, -0.2) is 65.3 Å². The summed E-state index contributed by atoms with van der Waals surface area (Å²) in [6, 6.07) is 0.128. The fraction of sp³-hybridized carbons (Fsp3) is 0.923. The zero-order chi connectivity index (χ0) is 14.5. The van der Waals surface area contributed by atoms with Crippen LogP contribution in [0.2, 0.25) is 0 Å². The predicted molar refractivity (Wildman–Crippen MR) is 79.9 cm³/mol. The third-order valence-electron chi connectivity index (χ3n) is 3.47. The van der Waals surface area contributed by atoms with Crippen LogP contribution in [0.4, 0.5) is 4.79 Å². The summed E-state index contributed by atoms with van der Waals surface area (Å²) in [6.07, 6.45) is 5.41. The van der Waals surface area contributed by atoms with Crippen molar-refractivity contribution in [1.29, 1.82) is 0 Å². The lowest BCUT2D eigenvalue weighted by molar-refractivity contribution is 0.133. The summed E-state index contributed by atoms with van der Waals surface area (Å²) in [6.45, 7) is 7.68. The Bertz CT molecular complexity index is 404. The maximum atomic E-state index is 12.3. The van der Waals surface area contributed by atoms with E-state index in [1.165, 1.54) is 0 Å². The maximum absolute atomic E-state index is 12.3. The average molecular weight is 289 g/mol. The van der Waals surface area contributed by atoms with Crippen LogP contribution >= 0.6 is 0 Å². The Balaban J connectivity index is 2.59. The van der Waals surface area contributed by atoms with Crippen LogP contribution in [0.1, 0.15) is 26.7 Å². The summed E-state index contributed by atoms with van der Waals surface area (Å²) >= 11 is 0. The number of carbonyl (C=O) groups is 1. The van der Waals surface area contributed by atoms with Crippen molar-refractivity contribution in [3.05, 3.63) is 0 Å². The van der Waals surface area contributed by atoms with E-state index in [1.807, 2.05) is 23.6 Å². The molecule has 0 radical (unpaired) electrons. The number of carbonyl (C=O) groups excluding carboxylic acids is 1. The molecule has 0 N–H and O–H groups in total. The summed E-state index contributed by atoms with van der Waals surface area (Å²) in [5.41, 5.74) is 0. The topological polar surface area (TPSA) is 53.0 Å². The van der Waals surface area contributed by atoms with E-state index in [4.69, 9.17) is 0 Å². The van der Waals surface area contributed by atoms with E-state index >= 15 is 0 Å². The van der Waals surface area contributed by atoms with E-state index in [0.717, 1.165) is 39.0 Å². The molecule has 1 aliphatic rings. The summed E-state index contributed by atoms with van der Waals surface area (Å²) in [4.78, 5) is 16.0. The Morgan fingerprint density at radius 2 is 2.00 bits per heavy atom. The van der Waals surface area contributed by atoms with Gasteiger partial charge in [0.15, 0.2) is 0 Å². The van der Waals surface area contributed by atoms with Gasteiger partial charge in [-0.2, -0.15) is 0 Å². The highest BCUT2D eigenvalue weighted by Crippen LogP contribution is 2.18. The number of nitrogens with zero attached hydrogens (tertiary/aromatic N) is 3. The van der Waals surface area contributed by atoms with Crippen molar-refractivity contribution < 1.29 is 9.00 Å². The van der Waals surface area contributed by atoms with Crippen LogP contribution in [-0.2, 0) is 9.73 Å². The molecule has 5 nitrogen and oxygen atoms in total. The van der Waals surface area contributed by atoms with Gasteiger partial charge in [0.1, 0.15) is 0 Å². The molecule has 1 saturated heterocycles. The molecule has 2 amide bonds. The standard InChI is InChI=1S/C13H27N3O2S/c1-5-15(6-2)13(17)16-9-7-8-12(11-16)10-14-19(3,4)18/h12H,5-11H2,1-4H3. The molecule has 19 heavy (non-hydrogen) atoms. The Labute approximate surface area is 117 Å². The van der Waals surface area contributed by atoms with E-state index in [-0.39, 0.29) is 6.03 Å². The van der Waals surface area contributed by atoms with Crippen molar-refractivity contribution in [3.63, 3.8) is 0 Å². The lowest BCUT2D eigenvalue weighted by Crippen LogP contribution is -2.47. The van der Waals surface area contributed by atoms with Gasteiger partial charge in [-0.15, -0.1) is 0 Å². The molecule has 0 bridgehead atoms. The lowest BCUT2D eigenvalue weighted by Gasteiger charge is -2.35. The Morgan fingerprint density at radius 3 is 2.53 bits per heavy atom. The number of piperidine rings is 1. The van der Waals surface area contributed by atoms with Gasteiger partial charge in [0, 0.05) is 48.4 Å². The fourth-order valence-electron chi connectivity index (χ4n) is 2.37. The number of hydrogen-bond acceptors (Lipinski definition) is 3. The van der Waals surface area contributed by atoms with E-state index < -0.39 is 9.73 Å². The Hall–Kier alpha value is -0.780. The van der Waals surface area contributed by atoms with Crippen LogP contribution in [0.15, 0.2) is 4.36 Å². The van der Waals surface area contributed by atoms with Gasteiger partial charge in [-0.3, -0.25) is 4.21 Å². The number of likely N-dealkylation sites (tertiary alicyclic amines) is 1. The zero-order valence-electron chi connectivity index (χ0n) is 12.6. The first-order valence-corrected chi connectivity index (χ1v) is 9.37. The van der Waals surface area contributed by atoms with Crippen LogP contribution < -0.4 is 0 Å². The monoisotopic (exact) mass is 289 g/mol. The van der Waals surface area contributed by atoms with E-state index in [1.54, 1.807) is 12.5 Å². The highest BCUT2D eigenvalue weighted by molar-refractivity contribution is 7.92. The van der Waals surface area contributed by atoms with Gasteiger partial charge < -0.3 is 9.80 Å². The Kier molecular flexibility index (Phi) is 6.10. The van der Waals surface area contributed by atoms with Gasteiger partial charge in [0.25, 0.3) is 0 Å². The minimum absolute atomic E-state index is 0.128. The molecular formula is C13H27N3O2S. The first-order chi connectivity index (χ1) is 8.87. The van der Waals surface area contributed by atoms with Crippen molar-refractivity contribution in [1.82, 2.24) is 9.80 Å². The van der Waals surface area contributed by atoms with Crippen LogP contribution in [0.25, 0.3) is 0 Å². The van der Waals surface area contributed by atoms with Gasteiger partial charge >= 0.3 is 6.03 Å². The van der Waals surface area contributed by atoms with Crippen molar-refractivity contribution in [2.24, 2.45) is 10.3 Å². The van der Waals surface area contributed by atoms with Gasteiger partial charge in [0.05, 0.1) is 6.54 Å². The van der Waals surface area contributed by atoms with Crippen molar-refractivity contribution in [2.45, 2.75) is 26.7 Å². The van der Waals surface area contributed by atoms with Gasteiger partial charge in [-0.05, 0) is 32.6 Å². The largest absolute Gasteiger partial charge is 0.325 e. The first kappa shape index (κ1) is 16.3. The van der Waals surface area contributed by atoms with Crippen LogP contribution in [0.3, 0.4) is 0 Å². The number of hydrogen-bond donors (Lipinski definition) is 0. The second-order valence-electron chi connectivity index (χ2n) is 5.40. The highest BCUT2D eigenvalue weighted by Gasteiger charge is 2.25. The van der Waals surface area contributed by atoms with Crippen LogP contribution in [0, 0.1) is 5.92 Å². The van der Waals surface area contributed by atoms with Gasteiger partial charge in [0.2, 0.25) is 0 Å². The average Bonchev–Trinajstić information content (AvgIpc) is 2.37. The molecule has 0 aromatic heterocycles. The summed E-state index contributed by atoms with van der Waals surface area (Å²) < 4.78 is 15.8. The van der Waals surface area contributed by atoms with Crippen molar-refractivity contribution >= 4 is 15.8 Å². The normalized spacial score (nSPS) is 20.2. The number of rotatable bonds is 4. The quantitative estimate of drug-likeness (QED) is 0.793. The van der Waals surface area contributed by atoms with E-state index in [9.17, 15) is 9.00 Å². The molecular weight excluding hydrogens is 262 g/mol.